The van der Waals surface area contributed by atoms with Crippen LogP contribution < -0.4 is 4.90 Å². The number of benzene rings is 10. The van der Waals surface area contributed by atoms with Crippen molar-refractivity contribution in [1.82, 2.24) is 4.57 Å². The van der Waals surface area contributed by atoms with Crippen LogP contribution in [0, 0.1) is 0 Å². The molecule has 2 nitrogen and oxygen atoms in total. The predicted molar refractivity (Wildman–Crippen MR) is 275 cm³/mol. The first-order chi connectivity index (χ1) is 32.0. The number of aromatic nitrogens is 1. The molecule has 308 valence electrons. The highest BCUT2D eigenvalue weighted by atomic mass is 15.1. The van der Waals surface area contributed by atoms with Crippen LogP contribution in [0.15, 0.2) is 243 Å². The smallest absolute Gasteiger partial charge is 0.0541 e. The molecule has 11 aromatic rings. The molecule has 0 saturated heterocycles. The minimum Gasteiger partial charge on any atom is -0.310 e. The van der Waals surface area contributed by atoms with Crippen LogP contribution in [0.4, 0.5) is 17.1 Å². The summed E-state index contributed by atoms with van der Waals surface area (Å²) in [4.78, 5) is 2.46. The molecule has 0 spiro atoms. The molecule has 0 atom stereocenters. The van der Waals surface area contributed by atoms with Gasteiger partial charge >= 0.3 is 0 Å². The van der Waals surface area contributed by atoms with Gasteiger partial charge < -0.3 is 9.47 Å². The maximum Gasteiger partial charge on any atom is 0.0541 e. The molecule has 0 N–H and O–H groups in total. The highest BCUT2D eigenvalue weighted by Crippen LogP contribution is 2.54. The fraction of sp³-hybridized carbons (Fsp3) is 0.0476. The highest BCUT2D eigenvalue weighted by molar-refractivity contribution is 6.09. The van der Waals surface area contributed by atoms with Crippen LogP contribution in [0.25, 0.3) is 83.1 Å². The van der Waals surface area contributed by atoms with Gasteiger partial charge in [0.05, 0.1) is 16.7 Å². The quantitative estimate of drug-likeness (QED) is 0.148. The van der Waals surface area contributed by atoms with Gasteiger partial charge in [-0.25, -0.2) is 0 Å². The number of para-hydroxylation sites is 3. The zero-order valence-electron chi connectivity index (χ0n) is 36.5. The number of rotatable bonds is 8. The molecule has 0 unspecified atom stereocenters. The van der Waals surface area contributed by atoms with Crippen molar-refractivity contribution in [3.63, 3.8) is 0 Å². The van der Waals surface area contributed by atoms with Gasteiger partial charge in [-0.3, -0.25) is 0 Å². The second-order valence-electron chi connectivity index (χ2n) is 17.7. The van der Waals surface area contributed by atoms with Crippen LogP contribution in [0.2, 0.25) is 0 Å². The summed E-state index contributed by atoms with van der Waals surface area (Å²) < 4.78 is 2.39. The molecule has 10 aromatic carbocycles. The summed E-state index contributed by atoms with van der Waals surface area (Å²) >= 11 is 0. The van der Waals surface area contributed by atoms with E-state index in [-0.39, 0.29) is 5.41 Å². The van der Waals surface area contributed by atoms with Gasteiger partial charge in [0.2, 0.25) is 0 Å². The van der Waals surface area contributed by atoms with E-state index in [1.807, 2.05) is 0 Å². The lowest BCUT2D eigenvalue weighted by molar-refractivity contribution is 0.660. The van der Waals surface area contributed by atoms with E-state index in [1.54, 1.807) is 0 Å². The summed E-state index contributed by atoms with van der Waals surface area (Å²) in [5.41, 5.74) is 21.6. The molecule has 0 bridgehead atoms. The summed E-state index contributed by atoms with van der Waals surface area (Å²) in [6.45, 7) is 4.72. The van der Waals surface area contributed by atoms with E-state index in [0.717, 1.165) is 28.3 Å². The number of anilines is 3. The van der Waals surface area contributed by atoms with Gasteiger partial charge in [0.15, 0.2) is 0 Å². The largest absolute Gasteiger partial charge is 0.310 e. The summed E-state index contributed by atoms with van der Waals surface area (Å²) in [6, 6.07) is 88.8. The summed E-state index contributed by atoms with van der Waals surface area (Å²) in [5.74, 6) is 0. The van der Waals surface area contributed by atoms with Crippen molar-refractivity contribution in [2.75, 3.05) is 4.90 Å². The van der Waals surface area contributed by atoms with E-state index in [1.165, 1.54) is 83.0 Å². The molecule has 0 aliphatic heterocycles. The Balaban J connectivity index is 1.03. The predicted octanol–water partition coefficient (Wildman–Crippen LogP) is 17.2. The molecular formula is C63H46N2. The van der Waals surface area contributed by atoms with Crippen molar-refractivity contribution < 1.29 is 0 Å². The molecule has 0 amide bonds. The third kappa shape index (κ3) is 6.40. The van der Waals surface area contributed by atoms with Crippen molar-refractivity contribution in [3.8, 4) is 61.3 Å². The van der Waals surface area contributed by atoms with Gasteiger partial charge in [0.25, 0.3) is 0 Å². The Labute approximate surface area is 381 Å². The van der Waals surface area contributed by atoms with E-state index in [4.69, 9.17) is 0 Å². The van der Waals surface area contributed by atoms with Crippen molar-refractivity contribution >= 4 is 38.9 Å². The van der Waals surface area contributed by atoms with Crippen LogP contribution in [0.5, 0.6) is 0 Å². The lowest BCUT2D eigenvalue weighted by Crippen LogP contribution is -2.15. The first kappa shape index (κ1) is 38.5. The van der Waals surface area contributed by atoms with Crippen LogP contribution in [-0.2, 0) is 5.41 Å². The summed E-state index contributed by atoms with van der Waals surface area (Å²) in [5, 5.41) is 2.53. The number of hydrogen-bond donors (Lipinski definition) is 0. The van der Waals surface area contributed by atoms with E-state index >= 15 is 0 Å². The number of fused-ring (bicyclic) bond motifs is 6. The van der Waals surface area contributed by atoms with Crippen molar-refractivity contribution in [2.24, 2.45) is 0 Å². The fourth-order valence-corrected chi connectivity index (χ4v) is 10.5. The van der Waals surface area contributed by atoms with E-state index < -0.39 is 0 Å². The number of nitrogens with zero attached hydrogens (tertiary/aromatic N) is 2. The lowest BCUT2D eigenvalue weighted by atomic mass is 9.82. The van der Waals surface area contributed by atoms with Crippen molar-refractivity contribution in [1.29, 1.82) is 0 Å². The van der Waals surface area contributed by atoms with Crippen molar-refractivity contribution in [2.45, 2.75) is 19.3 Å². The Hall–Kier alpha value is -8.20. The SMILES string of the molecule is CC1(C)c2ccccc2-c2c(-c3ccccc3N(c3ccc(-c4cccc(-n5c6ccccc6c6ccccc65)c4)cc3)c3ccc(-c4ccccc4)c(-c4ccccc4)c3)cccc21. The molecule has 1 aromatic heterocycles. The van der Waals surface area contributed by atoms with E-state index in [2.05, 4.69) is 266 Å². The van der Waals surface area contributed by atoms with Gasteiger partial charge in [0, 0.05) is 38.8 Å². The molecule has 0 saturated carbocycles. The molecular weight excluding hydrogens is 785 g/mol. The van der Waals surface area contributed by atoms with Crippen LogP contribution in [0.1, 0.15) is 25.0 Å². The molecule has 0 radical (unpaired) electrons. The Morgan fingerprint density at radius 2 is 0.877 bits per heavy atom. The maximum atomic E-state index is 2.46. The Kier molecular flexibility index (Phi) is 9.21. The second kappa shape index (κ2) is 15.6. The van der Waals surface area contributed by atoms with Crippen LogP contribution in [-0.4, -0.2) is 4.57 Å². The van der Waals surface area contributed by atoms with E-state index in [9.17, 15) is 0 Å². The average molecular weight is 831 g/mol. The average Bonchev–Trinajstić information content (AvgIpc) is 3.83. The monoisotopic (exact) mass is 830 g/mol. The molecule has 1 aliphatic carbocycles. The molecule has 1 heterocycles. The highest BCUT2D eigenvalue weighted by Gasteiger charge is 2.37. The molecule has 12 rings (SSSR count). The normalized spacial score (nSPS) is 12.6. The van der Waals surface area contributed by atoms with Gasteiger partial charge in [-0.15, -0.1) is 0 Å². The van der Waals surface area contributed by atoms with Gasteiger partial charge in [-0.05, 0) is 116 Å². The standard InChI is InChI=1S/C63H46N2/c1-63(2)57-30-13-9-28-55(57)62-54(29-18-31-58(62)63)53-27-12-14-32-59(53)64(49-39-40-50(44-19-5-3-6-20-44)56(42-49)45-21-7-4-8-22-45)47-37-35-43(36-38-47)46-23-17-24-48(41-46)65-60-33-15-10-25-51(60)52-26-11-16-34-61(52)65/h3-42H,1-2H3. The Morgan fingerprint density at radius 3 is 1.60 bits per heavy atom. The minimum absolute atomic E-state index is 0.108. The van der Waals surface area contributed by atoms with Crippen LogP contribution in [0.3, 0.4) is 0 Å². The van der Waals surface area contributed by atoms with E-state index in [0.29, 0.717) is 0 Å². The molecule has 65 heavy (non-hydrogen) atoms. The topological polar surface area (TPSA) is 8.17 Å². The summed E-state index contributed by atoms with van der Waals surface area (Å²) in [7, 11) is 0. The maximum absolute atomic E-state index is 2.46. The molecule has 2 heteroatoms. The Bertz CT molecular complexity index is 3510. The van der Waals surface area contributed by atoms with Gasteiger partial charge in [-0.2, -0.15) is 0 Å². The fourth-order valence-electron chi connectivity index (χ4n) is 10.5. The van der Waals surface area contributed by atoms with Gasteiger partial charge in [-0.1, -0.05) is 202 Å². The first-order valence-electron chi connectivity index (χ1n) is 22.6. The van der Waals surface area contributed by atoms with Gasteiger partial charge in [0.1, 0.15) is 0 Å². The van der Waals surface area contributed by atoms with Crippen molar-refractivity contribution in [3.05, 3.63) is 254 Å². The third-order valence-electron chi connectivity index (χ3n) is 13.6. The first-order valence-corrected chi connectivity index (χ1v) is 22.6. The second-order valence-corrected chi connectivity index (χ2v) is 17.7. The third-order valence-corrected chi connectivity index (χ3v) is 13.6. The zero-order valence-corrected chi connectivity index (χ0v) is 36.5. The zero-order chi connectivity index (χ0) is 43.5. The van der Waals surface area contributed by atoms with Crippen LogP contribution >= 0.6 is 0 Å². The molecule has 0 fully saturated rings. The number of hydrogen-bond acceptors (Lipinski definition) is 1. The minimum atomic E-state index is -0.108. The Morgan fingerprint density at radius 1 is 0.338 bits per heavy atom. The lowest BCUT2D eigenvalue weighted by Gasteiger charge is -2.29. The molecule has 1 aliphatic rings. The summed E-state index contributed by atoms with van der Waals surface area (Å²) in [6.07, 6.45) is 0.